The van der Waals surface area contributed by atoms with Gasteiger partial charge in [0.15, 0.2) is 0 Å². The Morgan fingerprint density at radius 3 is 1.57 bits per heavy atom. The molecular weight excluding hydrogens is 344 g/mol. The summed E-state index contributed by atoms with van der Waals surface area (Å²) in [5.41, 5.74) is 0. The molecule has 2 heteroatoms. The molecule has 0 heterocycles. The first-order chi connectivity index (χ1) is 13.6. The predicted molar refractivity (Wildman–Crippen MR) is 123 cm³/mol. The molecule has 0 aromatic heterocycles. The van der Waals surface area contributed by atoms with Gasteiger partial charge < -0.3 is 4.74 Å². The summed E-state index contributed by atoms with van der Waals surface area (Å²) in [6.45, 7) is 8.28. The van der Waals surface area contributed by atoms with E-state index in [1.165, 1.54) is 12.8 Å². The van der Waals surface area contributed by atoms with Crippen LogP contribution in [-0.4, -0.2) is 12.1 Å². The quantitative estimate of drug-likeness (QED) is 0.153. The second kappa shape index (κ2) is 19.9. The molecule has 0 rings (SSSR count). The molecule has 0 aliphatic rings. The Bertz CT molecular complexity index is 507. The summed E-state index contributed by atoms with van der Waals surface area (Å²) in [5.74, 6) is 0.295. The summed E-state index contributed by atoms with van der Waals surface area (Å²) >= 11 is 0. The highest BCUT2D eigenvalue weighted by Crippen LogP contribution is 2.08. The Kier molecular flexibility index (Phi) is 18.6. The average Bonchev–Trinajstić information content (AvgIpc) is 2.66. The zero-order chi connectivity index (χ0) is 20.9. The fourth-order valence-electron chi connectivity index (χ4n) is 2.25. The molecule has 2 nitrogen and oxygen atoms in total. The first kappa shape index (κ1) is 26.2. The first-order valence-corrected chi connectivity index (χ1v) is 11.0. The Morgan fingerprint density at radius 1 is 0.714 bits per heavy atom. The van der Waals surface area contributed by atoms with Crippen molar-refractivity contribution < 1.29 is 9.53 Å². The highest BCUT2D eigenvalue weighted by atomic mass is 16.5. The molecule has 0 saturated heterocycles. The van der Waals surface area contributed by atoms with Gasteiger partial charge in [0.2, 0.25) is 0 Å². The van der Waals surface area contributed by atoms with E-state index in [1.807, 2.05) is 6.92 Å². The van der Waals surface area contributed by atoms with Gasteiger partial charge in [-0.15, -0.1) is 0 Å². The van der Waals surface area contributed by atoms with Crippen LogP contribution in [0.25, 0.3) is 0 Å². The van der Waals surface area contributed by atoms with Crippen LogP contribution in [0.5, 0.6) is 0 Å². The molecule has 0 N–H and O–H groups in total. The Morgan fingerprint density at radius 2 is 1.14 bits per heavy atom. The molecule has 0 aromatic carbocycles. The summed E-state index contributed by atoms with van der Waals surface area (Å²) in [4.78, 5) is 11.7. The number of unbranched alkanes of at least 4 members (excludes halogenated alkanes) is 2. The third kappa shape index (κ3) is 18.9. The van der Waals surface area contributed by atoms with E-state index in [9.17, 15) is 4.79 Å². The van der Waals surface area contributed by atoms with E-state index in [1.54, 1.807) is 0 Å². The Balaban J connectivity index is 3.58. The van der Waals surface area contributed by atoms with Crippen molar-refractivity contribution in [3.63, 3.8) is 0 Å². The van der Waals surface area contributed by atoms with Gasteiger partial charge in [-0.05, 0) is 57.8 Å². The molecule has 158 valence electrons. The molecule has 0 aromatic rings. The van der Waals surface area contributed by atoms with Crippen molar-refractivity contribution in [1.29, 1.82) is 0 Å². The molecule has 0 spiro atoms. The van der Waals surface area contributed by atoms with Crippen LogP contribution in [0, 0.1) is 5.92 Å². The molecule has 0 fully saturated rings. The van der Waals surface area contributed by atoms with Crippen LogP contribution in [0.2, 0.25) is 0 Å². The van der Waals surface area contributed by atoms with Gasteiger partial charge in [-0.25, -0.2) is 0 Å². The summed E-state index contributed by atoms with van der Waals surface area (Å²) in [7, 11) is 0. The number of hydrogen-bond acceptors (Lipinski definition) is 2. The molecule has 1 unspecified atom stereocenters. The first-order valence-electron chi connectivity index (χ1n) is 11.0. The van der Waals surface area contributed by atoms with Crippen LogP contribution in [0.15, 0.2) is 60.8 Å². The standard InChI is InChI=1S/C26H42O2/c1-5-6-7-8-9-10-11-12-13-14-15-16-17-18-19-20-21-22-23-26(27)28-25(4)24(2)3/h7-8,10-11,13-14,16-17,19-20,24-25H,5-6,9,12,15,18,21-23H2,1-4H3/b8-7-,11-10-,14-13-,17-16-,20-19-. The van der Waals surface area contributed by atoms with Gasteiger partial charge in [0.05, 0.1) is 0 Å². The number of ether oxygens (including phenoxy) is 1. The smallest absolute Gasteiger partial charge is 0.306 e. The van der Waals surface area contributed by atoms with Gasteiger partial charge in [-0.3, -0.25) is 4.79 Å². The minimum absolute atomic E-state index is 0.00551. The van der Waals surface area contributed by atoms with Crippen LogP contribution in [0.1, 0.15) is 85.5 Å². The zero-order valence-electron chi connectivity index (χ0n) is 18.6. The SMILES string of the molecule is CCC/C=C\C/C=C\C/C=C\C/C=C\C/C=C\CCCC(=O)OC(C)C(C)C. The summed E-state index contributed by atoms with van der Waals surface area (Å²) < 4.78 is 5.36. The molecule has 0 bridgehead atoms. The fourth-order valence-corrected chi connectivity index (χ4v) is 2.25. The number of carbonyl (C=O) groups excluding carboxylic acids is 1. The number of carbonyl (C=O) groups is 1. The zero-order valence-corrected chi connectivity index (χ0v) is 18.6. The van der Waals surface area contributed by atoms with E-state index in [0.29, 0.717) is 12.3 Å². The average molecular weight is 387 g/mol. The van der Waals surface area contributed by atoms with E-state index in [0.717, 1.165) is 38.5 Å². The van der Waals surface area contributed by atoms with Gasteiger partial charge >= 0.3 is 5.97 Å². The van der Waals surface area contributed by atoms with E-state index in [-0.39, 0.29) is 12.1 Å². The largest absolute Gasteiger partial charge is 0.462 e. The van der Waals surface area contributed by atoms with Crippen molar-refractivity contribution in [3.05, 3.63) is 60.8 Å². The van der Waals surface area contributed by atoms with Crippen molar-refractivity contribution in [2.75, 3.05) is 0 Å². The number of allylic oxidation sites excluding steroid dienone is 10. The molecule has 0 amide bonds. The Labute approximate surface area is 174 Å². The second-order valence-corrected chi connectivity index (χ2v) is 7.42. The summed E-state index contributed by atoms with van der Waals surface area (Å²) in [6, 6.07) is 0. The summed E-state index contributed by atoms with van der Waals surface area (Å²) in [6.07, 6.45) is 30.7. The third-order valence-electron chi connectivity index (χ3n) is 4.39. The van der Waals surface area contributed by atoms with Gasteiger partial charge in [0, 0.05) is 6.42 Å². The van der Waals surface area contributed by atoms with Crippen LogP contribution < -0.4 is 0 Å². The van der Waals surface area contributed by atoms with Crippen molar-refractivity contribution in [1.82, 2.24) is 0 Å². The lowest BCUT2D eigenvalue weighted by Crippen LogP contribution is -2.19. The van der Waals surface area contributed by atoms with Crippen LogP contribution >= 0.6 is 0 Å². The summed E-state index contributed by atoms with van der Waals surface area (Å²) in [5, 5.41) is 0. The maximum absolute atomic E-state index is 11.7. The lowest BCUT2D eigenvalue weighted by molar-refractivity contribution is -0.150. The molecule has 28 heavy (non-hydrogen) atoms. The predicted octanol–water partition coefficient (Wildman–Crippen LogP) is 7.89. The topological polar surface area (TPSA) is 26.3 Å². The van der Waals surface area contributed by atoms with Crippen molar-refractivity contribution in [2.45, 2.75) is 91.6 Å². The van der Waals surface area contributed by atoms with Gasteiger partial charge in [-0.2, -0.15) is 0 Å². The van der Waals surface area contributed by atoms with E-state index < -0.39 is 0 Å². The lowest BCUT2D eigenvalue weighted by Gasteiger charge is -2.16. The Hall–Kier alpha value is -1.83. The minimum Gasteiger partial charge on any atom is -0.462 e. The van der Waals surface area contributed by atoms with E-state index in [2.05, 4.69) is 81.5 Å². The second-order valence-electron chi connectivity index (χ2n) is 7.42. The minimum atomic E-state index is -0.0796. The van der Waals surface area contributed by atoms with Crippen LogP contribution in [0.4, 0.5) is 0 Å². The molecule has 0 radical (unpaired) electrons. The van der Waals surface area contributed by atoms with E-state index >= 15 is 0 Å². The highest BCUT2D eigenvalue weighted by Gasteiger charge is 2.11. The molecule has 0 aliphatic carbocycles. The monoisotopic (exact) mass is 386 g/mol. The van der Waals surface area contributed by atoms with Crippen molar-refractivity contribution >= 4 is 5.97 Å². The van der Waals surface area contributed by atoms with Crippen molar-refractivity contribution in [3.8, 4) is 0 Å². The van der Waals surface area contributed by atoms with Crippen molar-refractivity contribution in [2.24, 2.45) is 5.92 Å². The lowest BCUT2D eigenvalue weighted by atomic mass is 10.1. The van der Waals surface area contributed by atoms with Gasteiger partial charge in [0.1, 0.15) is 6.10 Å². The normalized spacial score (nSPS) is 13.9. The maximum Gasteiger partial charge on any atom is 0.306 e. The maximum atomic E-state index is 11.7. The molecule has 1 atom stereocenters. The fraction of sp³-hybridized carbons (Fsp3) is 0.577. The molecule has 0 saturated carbocycles. The number of hydrogen-bond donors (Lipinski definition) is 0. The number of esters is 1. The van der Waals surface area contributed by atoms with Crippen LogP contribution in [0.3, 0.4) is 0 Å². The molecule has 0 aliphatic heterocycles. The van der Waals surface area contributed by atoms with E-state index in [4.69, 9.17) is 4.74 Å². The van der Waals surface area contributed by atoms with Crippen LogP contribution in [-0.2, 0) is 9.53 Å². The molecular formula is C26H42O2. The van der Waals surface area contributed by atoms with Gasteiger partial charge in [0.25, 0.3) is 0 Å². The third-order valence-corrected chi connectivity index (χ3v) is 4.39. The number of rotatable bonds is 16. The highest BCUT2D eigenvalue weighted by molar-refractivity contribution is 5.69. The van der Waals surface area contributed by atoms with Gasteiger partial charge in [-0.1, -0.05) is 88.0 Å².